The van der Waals surface area contributed by atoms with Gasteiger partial charge in [0.15, 0.2) is 16.7 Å². The Balaban J connectivity index is 1.85. The number of benzene rings is 2. The molecule has 2 N–H and O–H groups in total. The van der Waals surface area contributed by atoms with E-state index in [0.29, 0.717) is 16.7 Å². The Morgan fingerprint density at radius 3 is 2.50 bits per heavy atom. The number of pyridine rings is 1. The van der Waals surface area contributed by atoms with Crippen LogP contribution in [0.5, 0.6) is 5.75 Å². The van der Waals surface area contributed by atoms with Crippen LogP contribution in [0.25, 0.3) is 0 Å². The molecule has 4 nitrogen and oxygen atoms in total. The highest BCUT2D eigenvalue weighted by Gasteiger charge is 2.16. The second-order valence-corrected chi connectivity index (χ2v) is 6.32. The average molecular weight is 363 g/mol. The van der Waals surface area contributed by atoms with Crippen LogP contribution >= 0.6 is 12.2 Å². The first kappa shape index (κ1) is 17.9. The highest BCUT2D eigenvalue weighted by atomic mass is 32.1. The Morgan fingerprint density at radius 1 is 1.00 bits per heavy atom. The maximum Gasteiger partial charge on any atom is 0.174 e. The molecule has 132 valence electrons. The first-order valence-electron chi connectivity index (χ1n) is 8.35. The van der Waals surface area contributed by atoms with E-state index in [1.165, 1.54) is 5.56 Å². The summed E-state index contributed by atoms with van der Waals surface area (Å²) < 4.78 is 5.32. The standard InChI is InChI=1S/C21H21N3OS/c1-15-8-6-11-17(14-15)19(16-9-4-3-5-10-16)23-21(26)24-20-18(25-2)12-7-13-22-20/h3-14,19H,1-2H3,(H2,22,23,24,26)/t19-/m1/s1. The second kappa shape index (κ2) is 8.45. The van der Waals surface area contributed by atoms with Crippen molar-refractivity contribution in [2.45, 2.75) is 13.0 Å². The fraction of sp³-hybridized carbons (Fsp3) is 0.143. The summed E-state index contributed by atoms with van der Waals surface area (Å²) in [6.07, 6.45) is 1.70. The van der Waals surface area contributed by atoms with E-state index in [-0.39, 0.29) is 6.04 Å². The predicted octanol–water partition coefficient (Wildman–Crippen LogP) is 4.47. The van der Waals surface area contributed by atoms with E-state index < -0.39 is 0 Å². The predicted molar refractivity (Wildman–Crippen MR) is 110 cm³/mol. The summed E-state index contributed by atoms with van der Waals surface area (Å²) in [5, 5.41) is 7.02. The van der Waals surface area contributed by atoms with Gasteiger partial charge >= 0.3 is 0 Å². The van der Waals surface area contributed by atoms with Crippen molar-refractivity contribution >= 4 is 23.1 Å². The molecule has 0 unspecified atom stereocenters. The van der Waals surface area contributed by atoms with Crippen LogP contribution in [0.1, 0.15) is 22.7 Å². The fourth-order valence-corrected chi connectivity index (χ4v) is 2.99. The SMILES string of the molecule is COc1cccnc1NC(=S)N[C@H](c1ccccc1)c1cccc(C)c1. The zero-order valence-electron chi connectivity index (χ0n) is 14.8. The number of aromatic nitrogens is 1. The van der Waals surface area contributed by atoms with Crippen molar-refractivity contribution in [2.75, 3.05) is 12.4 Å². The van der Waals surface area contributed by atoms with E-state index in [2.05, 4.69) is 58.9 Å². The summed E-state index contributed by atoms with van der Waals surface area (Å²) in [7, 11) is 1.61. The Morgan fingerprint density at radius 2 is 1.77 bits per heavy atom. The van der Waals surface area contributed by atoms with Crippen molar-refractivity contribution < 1.29 is 4.74 Å². The maximum absolute atomic E-state index is 5.53. The number of nitrogens with zero attached hydrogens (tertiary/aromatic N) is 1. The summed E-state index contributed by atoms with van der Waals surface area (Å²) in [6, 6.07) is 22.2. The molecule has 3 rings (SSSR count). The third-order valence-corrected chi connectivity index (χ3v) is 4.23. The van der Waals surface area contributed by atoms with Crippen molar-refractivity contribution in [3.05, 3.63) is 89.6 Å². The number of aryl methyl sites for hydroxylation is 1. The molecule has 1 aromatic heterocycles. The number of thiocarbonyl (C=S) groups is 1. The van der Waals surface area contributed by atoms with Gasteiger partial charge in [0, 0.05) is 6.20 Å². The van der Waals surface area contributed by atoms with Crippen molar-refractivity contribution in [3.63, 3.8) is 0 Å². The van der Waals surface area contributed by atoms with E-state index in [4.69, 9.17) is 17.0 Å². The van der Waals surface area contributed by atoms with E-state index in [0.717, 1.165) is 11.1 Å². The first-order chi connectivity index (χ1) is 12.7. The zero-order chi connectivity index (χ0) is 18.4. The molecule has 3 aromatic rings. The molecule has 0 aliphatic heterocycles. The maximum atomic E-state index is 5.53. The summed E-state index contributed by atoms with van der Waals surface area (Å²) in [4.78, 5) is 4.29. The lowest BCUT2D eigenvalue weighted by atomic mass is 9.97. The van der Waals surface area contributed by atoms with Crippen LogP contribution in [0.3, 0.4) is 0 Å². The Labute approximate surface area is 159 Å². The Kier molecular flexibility index (Phi) is 5.81. The quantitative estimate of drug-likeness (QED) is 0.655. The third-order valence-electron chi connectivity index (χ3n) is 4.01. The normalized spacial score (nSPS) is 11.5. The van der Waals surface area contributed by atoms with Crippen molar-refractivity contribution in [1.82, 2.24) is 10.3 Å². The van der Waals surface area contributed by atoms with Crippen LogP contribution in [0, 0.1) is 6.92 Å². The molecule has 1 heterocycles. The number of anilines is 1. The summed E-state index contributed by atoms with van der Waals surface area (Å²) in [5.41, 5.74) is 3.49. The minimum absolute atomic E-state index is 0.0641. The van der Waals surface area contributed by atoms with E-state index in [1.807, 2.05) is 30.3 Å². The number of hydrogen-bond donors (Lipinski definition) is 2. The number of nitrogens with one attached hydrogen (secondary N) is 2. The van der Waals surface area contributed by atoms with Crippen LogP contribution < -0.4 is 15.4 Å². The molecule has 0 saturated carbocycles. The van der Waals surface area contributed by atoms with E-state index in [1.54, 1.807) is 13.3 Å². The Hall–Kier alpha value is -2.92. The van der Waals surface area contributed by atoms with Gasteiger partial charge in [-0.3, -0.25) is 0 Å². The third kappa shape index (κ3) is 4.37. The molecule has 0 fully saturated rings. The molecule has 5 heteroatoms. The van der Waals surface area contributed by atoms with Gasteiger partial charge in [-0.05, 0) is 42.4 Å². The molecule has 0 bridgehead atoms. The highest BCUT2D eigenvalue weighted by Crippen LogP contribution is 2.24. The smallest absolute Gasteiger partial charge is 0.174 e. The molecule has 2 aromatic carbocycles. The van der Waals surface area contributed by atoms with Crippen LogP contribution in [0.4, 0.5) is 5.82 Å². The van der Waals surface area contributed by atoms with Crippen LogP contribution in [-0.4, -0.2) is 17.2 Å². The van der Waals surface area contributed by atoms with E-state index in [9.17, 15) is 0 Å². The number of methoxy groups -OCH3 is 1. The van der Waals surface area contributed by atoms with Gasteiger partial charge in [0.1, 0.15) is 0 Å². The zero-order valence-corrected chi connectivity index (χ0v) is 15.6. The molecule has 0 radical (unpaired) electrons. The minimum Gasteiger partial charge on any atom is -0.493 e. The first-order valence-corrected chi connectivity index (χ1v) is 8.76. The Bertz CT molecular complexity index is 883. The lowest BCUT2D eigenvalue weighted by molar-refractivity contribution is 0.415. The minimum atomic E-state index is -0.0641. The van der Waals surface area contributed by atoms with E-state index >= 15 is 0 Å². The van der Waals surface area contributed by atoms with Crippen LogP contribution in [-0.2, 0) is 0 Å². The second-order valence-electron chi connectivity index (χ2n) is 5.91. The summed E-state index contributed by atoms with van der Waals surface area (Å²) >= 11 is 5.53. The van der Waals surface area contributed by atoms with Gasteiger partial charge in [-0.15, -0.1) is 0 Å². The largest absolute Gasteiger partial charge is 0.493 e. The molecule has 26 heavy (non-hydrogen) atoms. The van der Waals surface area contributed by atoms with Crippen molar-refractivity contribution in [1.29, 1.82) is 0 Å². The number of ether oxygens (including phenoxy) is 1. The molecular weight excluding hydrogens is 342 g/mol. The monoisotopic (exact) mass is 363 g/mol. The number of hydrogen-bond acceptors (Lipinski definition) is 3. The fourth-order valence-electron chi connectivity index (χ4n) is 2.78. The lowest BCUT2D eigenvalue weighted by Gasteiger charge is -2.22. The molecule has 0 aliphatic carbocycles. The van der Waals surface area contributed by atoms with Gasteiger partial charge in [-0.25, -0.2) is 4.98 Å². The van der Waals surface area contributed by atoms with Gasteiger partial charge in [0.25, 0.3) is 0 Å². The molecule has 0 spiro atoms. The lowest BCUT2D eigenvalue weighted by Crippen LogP contribution is -2.33. The molecule has 0 saturated heterocycles. The topological polar surface area (TPSA) is 46.2 Å². The average Bonchev–Trinajstić information content (AvgIpc) is 2.67. The van der Waals surface area contributed by atoms with Crippen LogP contribution in [0.2, 0.25) is 0 Å². The summed E-state index contributed by atoms with van der Waals surface area (Å²) in [6.45, 7) is 2.08. The molecule has 0 aliphatic rings. The van der Waals surface area contributed by atoms with Crippen molar-refractivity contribution in [2.24, 2.45) is 0 Å². The van der Waals surface area contributed by atoms with Gasteiger partial charge in [-0.1, -0.05) is 60.2 Å². The van der Waals surface area contributed by atoms with Crippen molar-refractivity contribution in [3.8, 4) is 5.75 Å². The van der Waals surface area contributed by atoms with Gasteiger partial charge in [-0.2, -0.15) is 0 Å². The molecular formula is C21H21N3OS. The molecule has 0 amide bonds. The van der Waals surface area contributed by atoms with Gasteiger partial charge < -0.3 is 15.4 Å². The van der Waals surface area contributed by atoms with Gasteiger partial charge in [0.2, 0.25) is 0 Å². The number of rotatable bonds is 5. The van der Waals surface area contributed by atoms with Crippen LogP contribution in [0.15, 0.2) is 72.9 Å². The molecule has 1 atom stereocenters. The highest BCUT2D eigenvalue weighted by molar-refractivity contribution is 7.80. The summed E-state index contributed by atoms with van der Waals surface area (Å²) in [5.74, 6) is 1.23. The van der Waals surface area contributed by atoms with Gasteiger partial charge in [0.05, 0.1) is 13.2 Å².